The summed E-state index contributed by atoms with van der Waals surface area (Å²) in [5, 5.41) is 12.2. The van der Waals surface area contributed by atoms with Crippen LogP contribution in [0.3, 0.4) is 0 Å². The second kappa shape index (κ2) is 11.3. The topological polar surface area (TPSA) is 57.7 Å². The lowest BCUT2D eigenvalue weighted by atomic mass is 10.5. The van der Waals surface area contributed by atoms with Crippen LogP contribution in [-0.4, -0.2) is 45.2 Å². The Hall–Kier alpha value is -0.680. The van der Waals surface area contributed by atoms with Crippen molar-refractivity contribution in [2.75, 3.05) is 19.6 Å². The lowest BCUT2D eigenvalue weighted by molar-refractivity contribution is 0.321. The van der Waals surface area contributed by atoms with Crippen molar-refractivity contribution in [2.45, 2.75) is 20.8 Å². The van der Waals surface area contributed by atoms with Crippen molar-refractivity contribution in [3.8, 4) is 0 Å². The fraction of sp³-hybridized carbons (Fsp3) is 0.857. The lowest BCUT2D eigenvalue weighted by Crippen LogP contribution is -2.21. The minimum atomic E-state index is 0. The SMILES string of the molecule is CCN(CC)CC.Cl.c1nn[nH]n1. The monoisotopic (exact) mass is 207 g/mol. The third-order valence-corrected chi connectivity index (χ3v) is 1.61. The predicted molar refractivity (Wildman–Crippen MR) is 54.9 cm³/mol. The van der Waals surface area contributed by atoms with Gasteiger partial charge in [-0.2, -0.15) is 5.21 Å². The number of rotatable bonds is 3. The molecule has 1 N–H and O–H groups in total. The van der Waals surface area contributed by atoms with Crippen molar-refractivity contribution in [3.05, 3.63) is 6.33 Å². The predicted octanol–water partition coefficient (Wildman–Crippen LogP) is 0.970. The number of hydrogen-bond acceptors (Lipinski definition) is 4. The Kier molecular flexibility index (Phi) is 12.9. The molecule has 6 heteroatoms. The van der Waals surface area contributed by atoms with Crippen molar-refractivity contribution in [2.24, 2.45) is 0 Å². The summed E-state index contributed by atoms with van der Waals surface area (Å²) in [4.78, 5) is 2.38. The number of hydrogen-bond donors (Lipinski definition) is 1. The molecule has 1 heterocycles. The van der Waals surface area contributed by atoms with Gasteiger partial charge in [0.15, 0.2) is 6.33 Å². The van der Waals surface area contributed by atoms with Crippen molar-refractivity contribution >= 4 is 12.4 Å². The van der Waals surface area contributed by atoms with Crippen molar-refractivity contribution < 1.29 is 0 Å². The molecule has 0 atom stereocenters. The molecule has 13 heavy (non-hydrogen) atoms. The van der Waals surface area contributed by atoms with Crippen LogP contribution in [0.5, 0.6) is 0 Å². The molecule has 78 valence electrons. The van der Waals surface area contributed by atoms with E-state index in [4.69, 9.17) is 0 Å². The fourth-order valence-electron chi connectivity index (χ4n) is 0.800. The van der Waals surface area contributed by atoms with Gasteiger partial charge < -0.3 is 4.90 Å². The highest BCUT2D eigenvalue weighted by molar-refractivity contribution is 5.85. The zero-order valence-corrected chi connectivity index (χ0v) is 9.21. The molecule has 0 aromatic carbocycles. The highest BCUT2D eigenvalue weighted by Gasteiger charge is 1.89. The van der Waals surface area contributed by atoms with E-state index >= 15 is 0 Å². The minimum Gasteiger partial charge on any atom is -0.304 e. The number of nitrogens with zero attached hydrogens (tertiary/aromatic N) is 4. The van der Waals surface area contributed by atoms with Crippen LogP contribution in [0.15, 0.2) is 6.33 Å². The molecule has 1 rings (SSSR count). The van der Waals surface area contributed by atoms with E-state index in [1.54, 1.807) is 0 Å². The zero-order chi connectivity index (χ0) is 9.23. The Balaban J connectivity index is 0. The van der Waals surface area contributed by atoms with Crippen LogP contribution in [0.2, 0.25) is 0 Å². The number of tetrazole rings is 1. The molecule has 0 aliphatic heterocycles. The van der Waals surface area contributed by atoms with Gasteiger partial charge in [0.1, 0.15) is 0 Å². The first kappa shape index (κ1) is 14.8. The van der Waals surface area contributed by atoms with Crippen LogP contribution in [0.25, 0.3) is 0 Å². The van der Waals surface area contributed by atoms with E-state index in [0.29, 0.717) is 0 Å². The molecule has 0 radical (unpaired) electrons. The van der Waals surface area contributed by atoms with E-state index in [1.807, 2.05) is 0 Å². The molecule has 0 bridgehead atoms. The maximum absolute atomic E-state index is 3.38. The maximum Gasteiger partial charge on any atom is 0.161 e. The molecule has 1 aromatic rings. The van der Waals surface area contributed by atoms with E-state index in [9.17, 15) is 0 Å². The van der Waals surface area contributed by atoms with Gasteiger partial charge in [0.2, 0.25) is 0 Å². The number of aromatic amines is 1. The summed E-state index contributed by atoms with van der Waals surface area (Å²) in [6.07, 6.45) is 1.33. The first-order chi connectivity index (χ1) is 5.85. The van der Waals surface area contributed by atoms with Crippen LogP contribution in [0, 0.1) is 0 Å². The minimum absolute atomic E-state index is 0. The number of aromatic nitrogens is 4. The third kappa shape index (κ3) is 9.23. The highest BCUT2D eigenvalue weighted by Crippen LogP contribution is 1.81. The van der Waals surface area contributed by atoms with Gasteiger partial charge >= 0.3 is 0 Å². The quantitative estimate of drug-likeness (QED) is 0.803. The first-order valence-corrected chi connectivity index (χ1v) is 4.23. The summed E-state index contributed by atoms with van der Waals surface area (Å²) in [5.41, 5.74) is 0. The molecule has 0 aliphatic carbocycles. The Labute approximate surface area is 85.3 Å². The van der Waals surface area contributed by atoms with Crippen molar-refractivity contribution in [1.82, 2.24) is 25.5 Å². The second-order valence-corrected chi connectivity index (χ2v) is 2.18. The van der Waals surface area contributed by atoms with Crippen LogP contribution in [-0.2, 0) is 0 Å². The van der Waals surface area contributed by atoms with E-state index in [-0.39, 0.29) is 12.4 Å². The Bertz CT molecular complexity index is 129. The van der Waals surface area contributed by atoms with Gasteiger partial charge in [0.25, 0.3) is 0 Å². The molecule has 0 aliphatic rings. The average molecular weight is 208 g/mol. The standard InChI is InChI=1S/C6H15N.CH2N4.ClH/c1-4-7(5-2)6-3;1-2-4-5-3-1;/h4-6H2,1-3H3;1H,(H,2,3,4,5);1H. The van der Waals surface area contributed by atoms with E-state index in [2.05, 4.69) is 46.3 Å². The summed E-state index contributed by atoms with van der Waals surface area (Å²) in [6.45, 7) is 10.1. The highest BCUT2D eigenvalue weighted by atomic mass is 35.5. The molecular weight excluding hydrogens is 190 g/mol. The summed E-state index contributed by atoms with van der Waals surface area (Å²) < 4.78 is 0. The zero-order valence-electron chi connectivity index (χ0n) is 8.40. The Morgan fingerprint density at radius 3 is 1.77 bits per heavy atom. The molecule has 0 spiro atoms. The van der Waals surface area contributed by atoms with Gasteiger partial charge in [0, 0.05) is 0 Å². The van der Waals surface area contributed by atoms with Crippen LogP contribution in [0.1, 0.15) is 20.8 Å². The van der Waals surface area contributed by atoms with Crippen molar-refractivity contribution in [1.29, 1.82) is 0 Å². The number of H-pyrrole nitrogens is 1. The summed E-state index contributed by atoms with van der Waals surface area (Å²) >= 11 is 0. The fourth-order valence-corrected chi connectivity index (χ4v) is 0.800. The molecule has 0 saturated carbocycles. The maximum atomic E-state index is 3.38. The Morgan fingerprint density at radius 2 is 1.69 bits per heavy atom. The largest absolute Gasteiger partial charge is 0.304 e. The summed E-state index contributed by atoms with van der Waals surface area (Å²) in [5.74, 6) is 0. The second-order valence-electron chi connectivity index (χ2n) is 2.18. The van der Waals surface area contributed by atoms with Gasteiger partial charge in [-0.25, -0.2) is 0 Å². The number of halogens is 1. The normalized spacial score (nSPS) is 8.62. The molecule has 1 aromatic heterocycles. The van der Waals surface area contributed by atoms with Crippen LogP contribution >= 0.6 is 12.4 Å². The Morgan fingerprint density at radius 1 is 1.15 bits per heavy atom. The van der Waals surface area contributed by atoms with Gasteiger partial charge in [-0.15, -0.1) is 22.6 Å². The van der Waals surface area contributed by atoms with E-state index < -0.39 is 0 Å². The van der Waals surface area contributed by atoms with Gasteiger partial charge in [0.05, 0.1) is 0 Å². The molecule has 0 amide bonds. The molecular formula is C7H18ClN5. The van der Waals surface area contributed by atoms with E-state index in [0.717, 1.165) is 0 Å². The molecule has 0 fully saturated rings. The van der Waals surface area contributed by atoms with Gasteiger partial charge in [-0.05, 0) is 19.6 Å². The van der Waals surface area contributed by atoms with Gasteiger partial charge in [-0.1, -0.05) is 26.0 Å². The number of nitrogens with one attached hydrogen (secondary N) is 1. The van der Waals surface area contributed by atoms with Gasteiger partial charge in [-0.3, -0.25) is 0 Å². The third-order valence-electron chi connectivity index (χ3n) is 1.61. The average Bonchev–Trinajstić information content (AvgIpc) is 2.64. The summed E-state index contributed by atoms with van der Waals surface area (Å²) in [7, 11) is 0. The van der Waals surface area contributed by atoms with Crippen LogP contribution < -0.4 is 0 Å². The molecule has 0 unspecified atom stereocenters. The smallest absolute Gasteiger partial charge is 0.161 e. The summed E-state index contributed by atoms with van der Waals surface area (Å²) in [6, 6.07) is 0. The lowest BCUT2D eigenvalue weighted by Gasteiger charge is -2.13. The van der Waals surface area contributed by atoms with Crippen molar-refractivity contribution in [3.63, 3.8) is 0 Å². The van der Waals surface area contributed by atoms with Crippen LogP contribution in [0.4, 0.5) is 0 Å². The molecule has 5 nitrogen and oxygen atoms in total. The van der Waals surface area contributed by atoms with E-state index in [1.165, 1.54) is 26.0 Å². The molecule has 0 saturated heterocycles. The first-order valence-electron chi connectivity index (χ1n) is 4.23.